The Morgan fingerprint density at radius 2 is 1.73 bits per heavy atom. The zero-order valence-corrected chi connectivity index (χ0v) is 20.9. The molecule has 0 bridgehead atoms. The number of hydrogen-bond donors (Lipinski definition) is 3. The summed E-state index contributed by atoms with van der Waals surface area (Å²) < 4.78 is 5.82. The summed E-state index contributed by atoms with van der Waals surface area (Å²) >= 11 is 0. The SMILES string of the molecule is CC(C)(Cc1ccc2ccccc2c1)NCC(O)COc1cc(-c2ccccc2C(=O)O)ccc1C#N. The van der Waals surface area contributed by atoms with E-state index in [1.807, 2.05) is 12.1 Å². The molecule has 0 radical (unpaired) electrons. The van der Waals surface area contributed by atoms with E-state index in [1.54, 1.807) is 36.4 Å². The molecule has 1 atom stereocenters. The van der Waals surface area contributed by atoms with Crippen LogP contribution in [0.25, 0.3) is 21.9 Å². The van der Waals surface area contributed by atoms with Gasteiger partial charge in [0.15, 0.2) is 0 Å². The molecule has 0 amide bonds. The van der Waals surface area contributed by atoms with E-state index in [9.17, 15) is 20.3 Å². The molecule has 0 heterocycles. The van der Waals surface area contributed by atoms with Gasteiger partial charge in [-0.25, -0.2) is 4.79 Å². The Hall–Kier alpha value is -4.18. The van der Waals surface area contributed by atoms with Gasteiger partial charge in [-0.1, -0.05) is 66.7 Å². The average Bonchev–Trinajstić information content (AvgIpc) is 2.90. The van der Waals surface area contributed by atoms with Gasteiger partial charge in [-0.05, 0) is 65.9 Å². The molecule has 6 heteroatoms. The number of nitriles is 1. The van der Waals surface area contributed by atoms with Crippen molar-refractivity contribution in [2.75, 3.05) is 13.2 Å². The van der Waals surface area contributed by atoms with E-state index in [1.165, 1.54) is 22.4 Å². The maximum absolute atomic E-state index is 11.6. The summed E-state index contributed by atoms with van der Waals surface area (Å²) in [5.74, 6) is -0.732. The number of carboxylic acids is 1. The van der Waals surface area contributed by atoms with Gasteiger partial charge in [-0.15, -0.1) is 0 Å². The highest BCUT2D eigenvalue weighted by Crippen LogP contribution is 2.30. The minimum Gasteiger partial charge on any atom is -0.489 e. The second kappa shape index (κ2) is 11.3. The largest absolute Gasteiger partial charge is 0.489 e. The molecule has 0 aliphatic rings. The summed E-state index contributed by atoms with van der Waals surface area (Å²) in [6.07, 6.45) is -0.0212. The number of benzene rings is 4. The van der Waals surface area contributed by atoms with Crippen LogP contribution < -0.4 is 10.1 Å². The van der Waals surface area contributed by atoms with Crippen LogP contribution in [0.3, 0.4) is 0 Å². The highest BCUT2D eigenvalue weighted by molar-refractivity contribution is 5.96. The van der Waals surface area contributed by atoms with Crippen LogP contribution in [0, 0.1) is 11.3 Å². The maximum Gasteiger partial charge on any atom is 0.336 e. The van der Waals surface area contributed by atoms with Crippen molar-refractivity contribution in [3.63, 3.8) is 0 Å². The van der Waals surface area contributed by atoms with Crippen molar-refractivity contribution in [1.82, 2.24) is 5.32 Å². The van der Waals surface area contributed by atoms with Gasteiger partial charge in [0.25, 0.3) is 0 Å². The predicted octanol–water partition coefficient (Wildman–Crippen LogP) is 5.43. The molecule has 4 aromatic rings. The van der Waals surface area contributed by atoms with E-state index in [2.05, 4.69) is 55.6 Å². The van der Waals surface area contributed by atoms with Crippen LogP contribution in [0.15, 0.2) is 84.9 Å². The molecule has 6 nitrogen and oxygen atoms in total. The van der Waals surface area contributed by atoms with E-state index in [4.69, 9.17) is 4.74 Å². The minimum absolute atomic E-state index is 0.0161. The average molecular weight is 495 g/mol. The fraction of sp³-hybridized carbons (Fsp3) is 0.226. The van der Waals surface area contributed by atoms with Crippen molar-refractivity contribution in [2.24, 2.45) is 0 Å². The van der Waals surface area contributed by atoms with Gasteiger partial charge in [0.1, 0.15) is 24.5 Å². The van der Waals surface area contributed by atoms with Gasteiger partial charge >= 0.3 is 5.97 Å². The van der Waals surface area contributed by atoms with Crippen LogP contribution in [0.5, 0.6) is 5.75 Å². The van der Waals surface area contributed by atoms with E-state index < -0.39 is 12.1 Å². The second-order valence-electron chi connectivity index (χ2n) is 9.76. The van der Waals surface area contributed by atoms with Gasteiger partial charge in [-0.2, -0.15) is 5.26 Å². The molecule has 1 unspecified atom stereocenters. The lowest BCUT2D eigenvalue weighted by molar-refractivity contribution is 0.0697. The molecular weight excluding hydrogens is 464 g/mol. The van der Waals surface area contributed by atoms with Crippen molar-refractivity contribution in [3.8, 4) is 22.9 Å². The van der Waals surface area contributed by atoms with Crippen LogP contribution in [0.1, 0.15) is 35.3 Å². The Bertz CT molecular complexity index is 1460. The third-order valence-corrected chi connectivity index (χ3v) is 6.28. The first-order valence-electron chi connectivity index (χ1n) is 12.2. The lowest BCUT2D eigenvalue weighted by Gasteiger charge is -2.28. The first-order chi connectivity index (χ1) is 17.8. The van der Waals surface area contributed by atoms with Gasteiger partial charge in [0.2, 0.25) is 0 Å². The van der Waals surface area contributed by atoms with Gasteiger partial charge in [-0.3, -0.25) is 0 Å². The number of β-amino-alcohol motifs (C(OH)–C–C–N with tert-alkyl or cyclic N) is 1. The lowest BCUT2D eigenvalue weighted by atomic mass is 9.93. The van der Waals surface area contributed by atoms with Crippen molar-refractivity contribution >= 4 is 16.7 Å². The number of hydrogen-bond acceptors (Lipinski definition) is 5. The van der Waals surface area contributed by atoms with Crippen molar-refractivity contribution in [1.29, 1.82) is 5.26 Å². The number of carbonyl (C=O) groups is 1. The second-order valence-corrected chi connectivity index (χ2v) is 9.76. The smallest absolute Gasteiger partial charge is 0.336 e. The number of nitrogens with one attached hydrogen (secondary N) is 1. The van der Waals surface area contributed by atoms with Crippen molar-refractivity contribution in [2.45, 2.75) is 31.9 Å². The first-order valence-corrected chi connectivity index (χ1v) is 12.2. The number of aromatic carboxylic acids is 1. The minimum atomic E-state index is -1.03. The quantitative estimate of drug-likeness (QED) is 0.272. The molecule has 0 aliphatic carbocycles. The molecule has 37 heavy (non-hydrogen) atoms. The van der Waals surface area contributed by atoms with Crippen LogP contribution in [0.4, 0.5) is 0 Å². The Morgan fingerprint density at radius 1 is 1.00 bits per heavy atom. The first kappa shape index (κ1) is 25.9. The van der Waals surface area contributed by atoms with E-state index >= 15 is 0 Å². The standard InChI is InChI=1S/C31H30N2O4/c1-31(2,17-21-11-12-22-7-3-4-8-23(22)15-21)33-19-26(34)20-37-29-16-24(13-14-25(29)18-32)27-9-5-6-10-28(27)30(35)36/h3-16,26,33-34H,17,19-20H2,1-2H3,(H,35,36). The molecule has 0 aliphatic heterocycles. The van der Waals surface area contributed by atoms with Crippen molar-refractivity contribution < 1.29 is 19.7 Å². The summed E-state index contributed by atoms with van der Waals surface area (Å²) in [7, 11) is 0. The molecule has 0 spiro atoms. The zero-order valence-electron chi connectivity index (χ0n) is 20.9. The third-order valence-electron chi connectivity index (χ3n) is 6.28. The van der Waals surface area contributed by atoms with Crippen LogP contribution in [-0.2, 0) is 6.42 Å². The summed E-state index contributed by atoms with van der Waals surface area (Å²) in [6.45, 7) is 4.47. The summed E-state index contributed by atoms with van der Waals surface area (Å²) in [6, 6.07) is 28.4. The van der Waals surface area contributed by atoms with Crippen LogP contribution in [-0.4, -0.2) is 41.0 Å². The van der Waals surface area contributed by atoms with E-state index in [0.29, 0.717) is 29.0 Å². The molecule has 188 valence electrons. The molecular formula is C31H30N2O4. The monoisotopic (exact) mass is 494 g/mol. The van der Waals surface area contributed by atoms with Crippen LogP contribution in [0.2, 0.25) is 0 Å². The number of rotatable bonds is 10. The normalized spacial score (nSPS) is 12.2. The Morgan fingerprint density at radius 3 is 2.49 bits per heavy atom. The third kappa shape index (κ3) is 6.53. The number of nitrogens with zero attached hydrogens (tertiary/aromatic N) is 1. The Labute approximate surface area is 216 Å². The Balaban J connectivity index is 1.38. The number of ether oxygens (including phenoxy) is 1. The zero-order chi connectivity index (χ0) is 26.4. The highest BCUT2D eigenvalue weighted by atomic mass is 16.5. The molecule has 4 aromatic carbocycles. The van der Waals surface area contributed by atoms with Gasteiger partial charge in [0.05, 0.1) is 11.1 Å². The fourth-order valence-electron chi connectivity index (χ4n) is 4.38. The molecule has 4 rings (SSSR count). The molecule has 3 N–H and O–H groups in total. The number of carboxylic acid groups (broad SMARTS) is 1. The number of aliphatic hydroxyl groups is 1. The van der Waals surface area contributed by atoms with Crippen molar-refractivity contribution in [3.05, 3.63) is 102 Å². The summed E-state index contributed by atoms with van der Waals surface area (Å²) in [4.78, 5) is 11.6. The van der Waals surface area contributed by atoms with Gasteiger partial charge in [0, 0.05) is 12.1 Å². The molecule has 0 fully saturated rings. The molecule has 0 saturated heterocycles. The number of aliphatic hydroxyl groups excluding tert-OH is 1. The maximum atomic E-state index is 11.6. The summed E-state index contributed by atoms with van der Waals surface area (Å²) in [5.41, 5.74) is 2.57. The molecule has 0 saturated carbocycles. The summed E-state index contributed by atoms with van der Waals surface area (Å²) in [5, 5.41) is 35.4. The predicted molar refractivity (Wildman–Crippen MR) is 145 cm³/mol. The topological polar surface area (TPSA) is 103 Å². The van der Waals surface area contributed by atoms with Gasteiger partial charge < -0.3 is 20.3 Å². The number of fused-ring (bicyclic) bond motifs is 1. The van der Waals surface area contributed by atoms with Crippen LogP contribution >= 0.6 is 0 Å². The van der Waals surface area contributed by atoms with E-state index in [-0.39, 0.29) is 17.7 Å². The molecule has 0 aromatic heterocycles. The fourth-order valence-corrected chi connectivity index (χ4v) is 4.38. The van der Waals surface area contributed by atoms with E-state index in [0.717, 1.165) is 6.42 Å². The Kier molecular flexibility index (Phi) is 7.88. The highest BCUT2D eigenvalue weighted by Gasteiger charge is 2.20. The lowest BCUT2D eigenvalue weighted by Crippen LogP contribution is -2.46.